The van der Waals surface area contributed by atoms with Crippen molar-refractivity contribution >= 4 is 0 Å². The predicted octanol–water partition coefficient (Wildman–Crippen LogP) is 1.73. The summed E-state index contributed by atoms with van der Waals surface area (Å²) in [6, 6.07) is 0.713. The molecule has 0 saturated carbocycles. The molecule has 3 heteroatoms. The predicted molar refractivity (Wildman–Crippen MR) is 68.8 cm³/mol. The van der Waals surface area contributed by atoms with Gasteiger partial charge in [0.25, 0.3) is 0 Å². The summed E-state index contributed by atoms with van der Waals surface area (Å²) in [5.41, 5.74) is 0. The highest BCUT2D eigenvalue weighted by Crippen LogP contribution is 2.09. The molecule has 0 aromatic carbocycles. The maximum Gasteiger partial charge on any atom is 0.0591 e. The van der Waals surface area contributed by atoms with Crippen LogP contribution in [0.4, 0.5) is 0 Å². The van der Waals surface area contributed by atoms with Crippen LogP contribution in [0.3, 0.4) is 0 Å². The largest absolute Gasteiger partial charge is 0.380 e. The topological polar surface area (TPSA) is 24.5 Å². The SMILES string of the molecule is CCN1CCC(NCCOCC(C)C)CC1. The van der Waals surface area contributed by atoms with Gasteiger partial charge in [-0.25, -0.2) is 0 Å². The molecule has 0 bridgehead atoms. The summed E-state index contributed by atoms with van der Waals surface area (Å²) < 4.78 is 5.56. The molecule has 0 aromatic rings. The molecule has 0 unspecified atom stereocenters. The second kappa shape index (κ2) is 8.04. The first-order chi connectivity index (χ1) is 7.72. The van der Waals surface area contributed by atoms with Crippen LogP contribution in [-0.2, 0) is 4.74 Å². The van der Waals surface area contributed by atoms with E-state index < -0.39 is 0 Å². The van der Waals surface area contributed by atoms with E-state index in [1.165, 1.54) is 32.5 Å². The van der Waals surface area contributed by atoms with Crippen LogP contribution in [-0.4, -0.2) is 50.3 Å². The number of hydrogen-bond acceptors (Lipinski definition) is 3. The van der Waals surface area contributed by atoms with E-state index in [1.54, 1.807) is 0 Å². The van der Waals surface area contributed by atoms with Crippen LogP contribution in [0.1, 0.15) is 33.6 Å². The molecular formula is C13H28N2O. The van der Waals surface area contributed by atoms with Crippen molar-refractivity contribution in [1.82, 2.24) is 10.2 Å². The lowest BCUT2D eigenvalue weighted by Crippen LogP contribution is -2.43. The lowest BCUT2D eigenvalue weighted by atomic mass is 10.1. The van der Waals surface area contributed by atoms with Gasteiger partial charge in [-0.1, -0.05) is 20.8 Å². The second-order valence-electron chi connectivity index (χ2n) is 5.13. The smallest absolute Gasteiger partial charge is 0.0591 e. The van der Waals surface area contributed by atoms with Crippen molar-refractivity contribution in [2.45, 2.75) is 39.7 Å². The van der Waals surface area contributed by atoms with Crippen molar-refractivity contribution in [3.63, 3.8) is 0 Å². The van der Waals surface area contributed by atoms with Gasteiger partial charge in [-0.15, -0.1) is 0 Å². The molecule has 3 nitrogen and oxygen atoms in total. The average Bonchev–Trinajstić information content (AvgIpc) is 2.29. The van der Waals surface area contributed by atoms with E-state index in [-0.39, 0.29) is 0 Å². The van der Waals surface area contributed by atoms with Crippen molar-refractivity contribution in [3.8, 4) is 0 Å². The van der Waals surface area contributed by atoms with E-state index in [9.17, 15) is 0 Å². The zero-order chi connectivity index (χ0) is 11.8. The first kappa shape index (κ1) is 13.9. The molecule has 0 spiro atoms. The molecular weight excluding hydrogens is 200 g/mol. The molecule has 1 aliphatic rings. The Morgan fingerprint density at radius 2 is 2.00 bits per heavy atom. The Balaban J connectivity index is 1.94. The molecule has 1 saturated heterocycles. The molecule has 0 aliphatic carbocycles. The van der Waals surface area contributed by atoms with Crippen LogP contribution in [0.5, 0.6) is 0 Å². The highest BCUT2D eigenvalue weighted by molar-refractivity contribution is 4.76. The van der Waals surface area contributed by atoms with Gasteiger partial charge in [0, 0.05) is 19.2 Å². The number of nitrogens with one attached hydrogen (secondary N) is 1. The highest BCUT2D eigenvalue weighted by Gasteiger charge is 2.16. The van der Waals surface area contributed by atoms with Crippen molar-refractivity contribution in [2.75, 3.05) is 39.4 Å². The molecule has 1 fully saturated rings. The Morgan fingerprint density at radius 3 is 2.56 bits per heavy atom. The maximum absolute atomic E-state index is 5.56. The number of likely N-dealkylation sites (tertiary alicyclic amines) is 1. The Kier molecular flexibility index (Phi) is 7.01. The third kappa shape index (κ3) is 5.83. The fourth-order valence-electron chi connectivity index (χ4n) is 2.11. The minimum Gasteiger partial charge on any atom is -0.380 e. The van der Waals surface area contributed by atoms with Gasteiger partial charge in [0.05, 0.1) is 6.61 Å². The first-order valence-corrected chi connectivity index (χ1v) is 6.75. The Bertz CT molecular complexity index is 165. The molecule has 0 amide bonds. The zero-order valence-electron chi connectivity index (χ0n) is 11.2. The van der Waals surface area contributed by atoms with Gasteiger partial charge in [-0.05, 0) is 38.4 Å². The Morgan fingerprint density at radius 1 is 1.31 bits per heavy atom. The monoisotopic (exact) mass is 228 g/mol. The van der Waals surface area contributed by atoms with Crippen LogP contribution in [0, 0.1) is 5.92 Å². The minimum atomic E-state index is 0.646. The summed E-state index contributed by atoms with van der Waals surface area (Å²) in [4.78, 5) is 2.52. The molecule has 1 heterocycles. The average molecular weight is 228 g/mol. The van der Waals surface area contributed by atoms with E-state index in [0.29, 0.717) is 12.0 Å². The molecule has 0 radical (unpaired) electrons. The molecule has 16 heavy (non-hydrogen) atoms. The minimum absolute atomic E-state index is 0.646. The highest BCUT2D eigenvalue weighted by atomic mass is 16.5. The van der Waals surface area contributed by atoms with Crippen molar-refractivity contribution in [2.24, 2.45) is 5.92 Å². The van der Waals surface area contributed by atoms with E-state index in [0.717, 1.165) is 19.8 Å². The number of nitrogens with zero attached hydrogens (tertiary/aromatic N) is 1. The van der Waals surface area contributed by atoms with Gasteiger partial charge in [0.15, 0.2) is 0 Å². The lowest BCUT2D eigenvalue weighted by molar-refractivity contribution is 0.106. The molecule has 1 N–H and O–H groups in total. The third-order valence-electron chi connectivity index (χ3n) is 3.17. The molecule has 1 aliphatic heterocycles. The van der Waals surface area contributed by atoms with Gasteiger partial charge >= 0.3 is 0 Å². The summed E-state index contributed by atoms with van der Waals surface area (Å²) in [5.74, 6) is 0.646. The van der Waals surface area contributed by atoms with Crippen molar-refractivity contribution < 1.29 is 4.74 Å². The van der Waals surface area contributed by atoms with Crippen molar-refractivity contribution in [3.05, 3.63) is 0 Å². The zero-order valence-corrected chi connectivity index (χ0v) is 11.2. The molecule has 96 valence electrons. The van der Waals surface area contributed by atoms with Crippen LogP contribution in [0.2, 0.25) is 0 Å². The summed E-state index contributed by atoms with van der Waals surface area (Å²) in [6.45, 7) is 13.1. The molecule has 0 atom stereocenters. The van der Waals surface area contributed by atoms with Gasteiger partial charge < -0.3 is 15.0 Å². The maximum atomic E-state index is 5.56. The fourth-order valence-corrected chi connectivity index (χ4v) is 2.11. The van der Waals surface area contributed by atoms with E-state index in [4.69, 9.17) is 4.74 Å². The fraction of sp³-hybridized carbons (Fsp3) is 1.00. The van der Waals surface area contributed by atoms with Crippen LogP contribution < -0.4 is 5.32 Å². The normalized spacial score (nSPS) is 19.5. The Hall–Kier alpha value is -0.120. The van der Waals surface area contributed by atoms with Gasteiger partial charge in [-0.2, -0.15) is 0 Å². The number of hydrogen-bond donors (Lipinski definition) is 1. The number of piperidine rings is 1. The van der Waals surface area contributed by atoms with Crippen molar-refractivity contribution in [1.29, 1.82) is 0 Å². The summed E-state index contributed by atoms with van der Waals surface area (Å²) >= 11 is 0. The lowest BCUT2D eigenvalue weighted by Gasteiger charge is -2.31. The van der Waals surface area contributed by atoms with Crippen LogP contribution in [0.25, 0.3) is 0 Å². The van der Waals surface area contributed by atoms with Crippen LogP contribution in [0.15, 0.2) is 0 Å². The number of rotatable bonds is 7. The van der Waals surface area contributed by atoms with E-state index in [2.05, 4.69) is 31.0 Å². The second-order valence-corrected chi connectivity index (χ2v) is 5.13. The van der Waals surface area contributed by atoms with E-state index in [1.807, 2.05) is 0 Å². The summed E-state index contributed by atoms with van der Waals surface area (Å²) in [5, 5.41) is 3.59. The third-order valence-corrected chi connectivity index (χ3v) is 3.17. The number of ether oxygens (including phenoxy) is 1. The molecule has 1 rings (SSSR count). The van der Waals surface area contributed by atoms with E-state index >= 15 is 0 Å². The quantitative estimate of drug-likeness (QED) is 0.672. The first-order valence-electron chi connectivity index (χ1n) is 6.75. The summed E-state index contributed by atoms with van der Waals surface area (Å²) in [6.07, 6.45) is 2.58. The van der Waals surface area contributed by atoms with Gasteiger partial charge in [0.2, 0.25) is 0 Å². The molecule has 0 aromatic heterocycles. The standard InChI is InChI=1S/C13H28N2O/c1-4-15-8-5-13(6-9-15)14-7-10-16-11-12(2)3/h12-14H,4-11H2,1-3H3. The Labute approximate surface area is 101 Å². The summed E-state index contributed by atoms with van der Waals surface area (Å²) in [7, 11) is 0. The van der Waals surface area contributed by atoms with Gasteiger partial charge in [-0.3, -0.25) is 0 Å². The van der Waals surface area contributed by atoms with Crippen LogP contribution >= 0.6 is 0 Å². The van der Waals surface area contributed by atoms with Gasteiger partial charge in [0.1, 0.15) is 0 Å².